The van der Waals surface area contributed by atoms with E-state index < -0.39 is 11.9 Å². The van der Waals surface area contributed by atoms with Crippen molar-refractivity contribution in [2.45, 2.75) is 33.6 Å². The van der Waals surface area contributed by atoms with E-state index in [-0.39, 0.29) is 17.7 Å². The van der Waals surface area contributed by atoms with E-state index in [2.05, 4.69) is 12.2 Å². The van der Waals surface area contributed by atoms with E-state index in [1.807, 2.05) is 42.6 Å². The summed E-state index contributed by atoms with van der Waals surface area (Å²) >= 11 is 1.22. The summed E-state index contributed by atoms with van der Waals surface area (Å²) in [4.78, 5) is 25.8. The normalized spacial score (nSPS) is 11.0. The average molecular weight is 489 g/mol. The Labute approximate surface area is 209 Å². The number of anilines is 1. The zero-order chi connectivity index (χ0) is 25.2. The lowest BCUT2D eigenvalue weighted by Crippen LogP contribution is -2.16. The molecule has 3 rings (SSSR count). The van der Waals surface area contributed by atoms with Gasteiger partial charge in [-0.15, -0.1) is 11.3 Å². The highest BCUT2D eigenvalue weighted by Gasteiger charge is 2.23. The minimum atomic E-state index is -0.598. The molecule has 6 nitrogen and oxygen atoms in total. The van der Waals surface area contributed by atoms with Crippen LogP contribution in [0, 0.1) is 11.3 Å². The van der Waals surface area contributed by atoms with Crippen LogP contribution in [0.1, 0.15) is 48.7 Å². The molecule has 0 saturated heterocycles. The van der Waals surface area contributed by atoms with E-state index in [9.17, 15) is 14.9 Å². The van der Waals surface area contributed by atoms with Gasteiger partial charge in [0.15, 0.2) is 0 Å². The Morgan fingerprint density at radius 3 is 2.37 bits per heavy atom. The molecule has 0 fully saturated rings. The Balaban J connectivity index is 1.87. The number of nitrogens with zero attached hydrogens (tertiary/aromatic N) is 1. The van der Waals surface area contributed by atoms with Crippen molar-refractivity contribution in [3.05, 3.63) is 76.2 Å². The first-order valence-electron chi connectivity index (χ1n) is 11.5. The number of aryl methyl sites for hydroxylation is 1. The molecule has 0 atom stereocenters. The smallest absolute Gasteiger partial charge is 0.341 e. The highest BCUT2D eigenvalue weighted by molar-refractivity contribution is 7.15. The highest BCUT2D eigenvalue weighted by atomic mass is 32.1. The lowest BCUT2D eigenvalue weighted by Gasteiger charge is -2.09. The predicted molar refractivity (Wildman–Crippen MR) is 140 cm³/mol. The van der Waals surface area contributed by atoms with E-state index in [4.69, 9.17) is 9.47 Å². The molecule has 0 spiro atoms. The van der Waals surface area contributed by atoms with E-state index in [1.54, 1.807) is 31.2 Å². The summed E-state index contributed by atoms with van der Waals surface area (Å²) < 4.78 is 10.8. The number of benzene rings is 2. The number of amides is 1. The van der Waals surface area contributed by atoms with Gasteiger partial charge in [-0.05, 0) is 54.7 Å². The molecule has 1 N–H and O–H groups in total. The molecular weight excluding hydrogens is 460 g/mol. The minimum absolute atomic E-state index is 0.0794. The molecule has 1 aromatic heterocycles. The predicted octanol–water partition coefficient (Wildman–Crippen LogP) is 6.49. The number of ether oxygens (including phenoxy) is 2. The zero-order valence-electron chi connectivity index (χ0n) is 20.1. The van der Waals surface area contributed by atoms with Gasteiger partial charge in [-0.2, -0.15) is 5.26 Å². The summed E-state index contributed by atoms with van der Waals surface area (Å²) in [7, 11) is 0. The monoisotopic (exact) mass is 488 g/mol. The first-order valence-corrected chi connectivity index (χ1v) is 12.4. The number of nitrogens with one attached hydrogen (secondary N) is 1. The largest absolute Gasteiger partial charge is 0.494 e. The number of hydrogen-bond acceptors (Lipinski definition) is 6. The Bertz CT molecular complexity index is 1240. The first-order chi connectivity index (χ1) is 17.0. The third-order valence-corrected chi connectivity index (χ3v) is 6.10. The Morgan fingerprint density at radius 1 is 1.06 bits per heavy atom. The maximum atomic E-state index is 12.9. The maximum absolute atomic E-state index is 12.9. The number of carbonyl (C=O) groups is 2. The summed E-state index contributed by atoms with van der Waals surface area (Å²) in [5, 5.41) is 14.5. The molecule has 0 aliphatic rings. The van der Waals surface area contributed by atoms with Gasteiger partial charge >= 0.3 is 5.97 Å². The summed E-state index contributed by atoms with van der Waals surface area (Å²) in [6, 6.07) is 17.0. The summed E-state index contributed by atoms with van der Waals surface area (Å²) in [5.74, 6) is -0.396. The van der Waals surface area contributed by atoms with Crippen molar-refractivity contribution in [2.24, 2.45) is 0 Å². The first kappa shape index (κ1) is 25.7. The number of esters is 1. The molecule has 1 heterocycles. The van der Waals surface area contributed by atoms with Crippen molar-refractivity contribution in [1.82, 2.24) is 0 Å². The van der Waals surface area contributed by atoms with Crippen LogP contribution in [-0.2, 0) is 16.0 Å². The molecule has 35 heavy (non-hydrogen) atoms. The fraction of sp³-hybridized carbons (Fsp3) is 0.250. The molecule has 180 valence electrons. The second kappa shape index (κ2) is 12.5. The van der Waals surface area contributed by atoms with Crippen LogP contribution < -0.4 is 10.1 Å². The quantitative estimate of drug-likeness (QED) is 0.200. The van der Waals surface area contributed by atoms with Crippen LogP contribution in [0.2, 0.25) is 0 Å². The van der Waals surface area contributed by atoms with Crippen LogP contribution in [0.3, 0.4) is 0 Å². The summed E-state index contributed by atoms with van der Waals surface area (Å²) in [6.07, 6.45) is 3.32. The van der Waals surface area contributed by atoms with Crippen molar-refractivity contribution in [1.29, 1.82) is 5.26 Å². The SMILES string of the molecule is CCCOc1ccc(C=C(C#N)C(=O)Nc2scc(-c3ccc(CC)cc3)c2C(=O)OCC)cc1. The second-order valence-corrected chi connectivity index (χ2v) is 8.55. The standard InChI is InChI=1S/C28H28N2O4S/c1-4-15-34-23-13-9-20(10-14-23)16-22(17-29)26(31)30-27-25(28(32)33-6-3)24(18-35-27)21-11-7-19(5-2)8-12-21/h7-14,16,18H,4-6,15H2,1-3H3,(H,30,31). The van der Waals surface area contributed by atoms with Crippen LogP contribution in [0.25, 0.3) is 17.2 Å². The average Bonchev–Trinajstić information content (AvgIpc) is 3.30. The molecule has 2 aromatic carbocycles. The fourth-order valence-corrected chi connectivity index (χ4v) is 4.31. The third-order valence-electron chi connectivity index (χ3n) is 5.20. The van der Waals surface area contributed by atoms with Crippen LogP contribution in [0.15, 0.2) is 59.5 Å². The van der Waals surface area contributed by atoms with Gasteiger partial charge in [0.25, 0.3) is 5.91 Å². The summed E-state index contributed by atoms with van der Waals surface area (Å²) in [5.41, 5.74) is 3.60. The van der Waals surface area contributed by atoms with Gasteiger partial charge in [0.2, 0.25) is 0 Å². The topological polar surface area (TPSA) is 88.4 Å². The van der Waals surface area contributed by atoms with E-state index >= 15 is 0 Å². The fourth-order valence-electron chi connectivity index (χ4n) is 3.35. The zero-order valence-corrected chi connectivity index (χ0v) is 20.9. The lowest BCUT2D eigenvalue weighted by molar-refractivity contribution is -0.112. The molecule has 0 aliphatic carbocycles. The molecule has 7 heteroatoms. The third kappa shape index (κ3) is 6.58. The van der Waals surface area contributed by atoms with Gasteiger partial charge in [0.05, 0.1) is 13.2 Å². The molecule has 1 amide bonds. The van der Waals surface area contributed by atoms with Crippen molar-refractivity contribution < 1.29 is 19.1 Å². The molecule has 0 saturated carbocycles. The van der Waals surface area contributed by atoms with Crippen molar-refractivity contribution in [3.8, 4) is 22.9 Å². The molecule has 0 unspecified atom stereocenters. The number of carbonyl (C=O) groups excluding carboxylic acids is 2. The molecule has 0 bridgehead atoms. The number of rotatable bonds is 10. The second-order valence-electron chi connectivity index (χ2n) is 7.67. The lowest BCUT2D eigenvalue weighted by atomic mass is 10.0. The Morgan fingerprint density at radius 2 is 1.77 bits per heavy atom. The number of hydrogen-bond donors (Lipinski definition) is 1. The van der Waals surface area contributed by atoms with Gasteiger partial charge in [-0.3, -0.25) is 4.79 Å². The number of nitriles is 1. The molecule has 3 aromatic rings. The summed E-state index contributed by atoms with van der Waals surface area (Å²) in [6.45, 7) is 6.66. The number of thiophene rings is 1. The maximum Gasteiger partial charge on any atom is 0.341 e. The van der Waals surface area contributed by atoms with Gasteiger partial charge < -0.3 is 14.8 Å². The van der Waals surface area contributed by atoms with Gasteiger partial charge in [-0.1, -0.05) is 50.2 Å². The van der Waals surface area contributed by atoms with Crippen molar-refractivity contribution >= 4 is 34.3 Å². The van der Waals surface area contributed by atoms with Crippen LogP contribution in [-0.4, -0.2) is 25.1 Å². The van der Waals surface area contributed by atoms with Gasteiger partial charge in [0.1, 0.15) is 28.0 Å². The Kier molecular flexibility index (Phi) is 9.22. The Hall–Kier alpha value is -3.89. The van der Waals surface area contributed by atoms with Crippen LogP contribution in [0.4, 0.5) is 5.00 Å². The van der Waals surface area contributed by atoms with Gasteiger partial charge in [-0.25, -0.2) is 4.79 Å². The van der Waals surface area contributed by atoms with Crippen LogP contribution >= 0.6 is 11.3 Å². The van der Waals surface area contributed by atoms with E-state index in [1.165, 1.54) is 23.0 Å². The van der Waals surface area contributed by atoms with Crippen molar-refractivity contribution in [2.75, 3.05) is 18.5 Å². The van der Waals surface area contributed by atoms with E-state index in [0.717, 1.165) is 24.2 Å². The van der Waals surface area contributed by atoms with Crippen LogP contribution in [0.5, 0.6) is 5.75 Å². The molecule has 0 radical (unpaired) electrons. The minimum Gasteiger partial charge on any atom is -0.494 e. The van der Waals surface area contributed by atoms with E-state index in [0.29, 0.717) is 22.7 Å². The molecule has 0 aliphatic heterocycles. The highest BCUT2D eigenvalue weighted by Crippen LogP contribution is 2.36. The molecular formula is C28H28N2O4S. The van der Waals surface area contributed by atoms with Gasteiger partial charge in [0, 0.05) is 10.9 Å². The van der Waals surface area contributed by atoms with Crippen molar-refractivity contribution in [3.63, 3.8) is 0 Å².